The highest BCUT2D eigenvalue weighted by Crippen LogP contribution is 2.61. The van der Waals surface area contributed by atoms with Crippen LogP contribution in [0.3, 0.4) is 0 Å². The van der Waals surface area contributed by atoms with Crippen molar-refractivity contribution in [3.63, 3.8) is 0 Å². The first kappa shape index (κ1) is 17.7. The Labute approximate surface area is 160 Å². The van der Waals surface area contributed by atoms with Gasteiger partial charge in [-0.05, 0) is 92.9 Å². The minimum absolute atomic E-state index is 0.213. The molecule has 1 aromatic carbocycles. The highest BCUT2D eigenvalue weighted by molar-refractivity contribution is 7.99. The fourth-order valence-electron chi connectivity index (χ4n) is 5.97. The van der Waals surface area contributed by atoms with E-state index in [2.05, 4.69) is 12.2 Å². The van der Waals surface area contributed by atoms with Gasteiger partial charge in [0.2, 0.25) is 5.91 Å². The number of nitrogens with one attached hydrogen (secondary N) is 1. The van der Waals surface area contributed by atoms with E-state index in [1.165, 1.54) is 43.4 Å². The molecule has 0 spiro atoms. The average molecular weight is 378 g/mol. The molecule has 25 heavy (non-hydrogen) atoms. The number of halogens is 1. The summed E-state index contributed by atoms with van der Waals surface area (Å²) < 4.78 is 0. The van der Waals surface area contributed by atoms with E-state index < -0.39 is 0 Å². The van der Waals surface area contributed by atoms with Crippen molar-refractivity contribution < 1.29 is 4.79 Å². The Morgan fingerprint density at radius 1 is 1.16 bits per heavy atom. The predicted molar refractivity (Wildman–Crippen MR) is 105 cm³/mol. The molecule has 0 aliphatic heterocycles. The summed E-state index contributed by atoms with van der Waals surface area (Å²) >= 11 is 7.63. The zero-order chi connectivity index (χ0) is 17.4. The molecule has 0 aromatic heterocycles. The maximum Gasteiger partial charge on any atom is 0.221 e. The summed E-state index contributed by atoms with van der Waals surface area (Å²) in [5.41, 5.74) is 0.397. The lowest BCUT2D eigenvalue weighted by atomic mass is 9.48. The van der Waals surface area contributed by atoms with Crippen LogP contribution < -0.4 is 5.32 Å². The van der Waals surface area contributed by atoms with E-state index in [-0.39, 0.29) is 5.91 Å². The van der Waals surface area contributed by atoms with Gasteiger partial charge >= 0.3 is 0 Å². The Balaban J connectivity index is 1.27. The molecule has 0 heterocycles. The minimum Gasteiger partial charge on any atom is -0.353 e. The average Bonchev–Trinajstić information content (AvgIpc) is 2.55. The van der Waals surface area contributed by atoms with Crippen LogP contribution in [0.15, 0.2) is 29.2 Å². The number of benzene rings is 1. The van der Waals surface area contributed by atoms with Crippen molar-refractivity contribution in [2.24, 2.45) is 23.2 Å². The molecule has 1 atom stereocenters. The lowest BCUT2D eigenvalue weighted by Gasteiger charge is -2.59. The van der Waals surface area contributed by atoms with Crippen LogP contribution in [-0.4, -0.2) is 17.7 Å². The number of carbonyl (C=O) groups excluding carboxylic acids is 1. The Morgan fingerprint density at radius 3 is 2.28 bits per heavy atom. The first-order chi connectivity index (χ1) is 12.0. The van der Waals surface area contributed by atoms with Gasteiger partial charge in [0, 0.05) is 28.1 Å². The highest BCUT2D eigenvalue weighted by Gasteiger charge is 2.53. The third-order valence-electron chi connectivity index (χ3n) is 6.79. The molecule has 136 valence electrons. The Kier molecular flexibility index (Phi) is 5.07. The fourth-order valence-corrected chi connectivity index (χ4v) is 6.94. The van der Waals surface area contributed by atoms with Crippen molar-refractivity contribution in [3.05, 3.63) is 29.3 Å². The predicted octanol–water partition coefficient (Wildman–Crippen LogP) is 5.54. The van der Waals surface area contributed by atoms with E-state index >= 15 is 0 Å². The van der Waals surface area contributed by atoms with Gasteiger partial charge in [-0.2, -0.15) is 0 Å². The van der Waals surface area contributed by atoms with Crippen LogP contribution in [-0.2, 0) is 4.79 Å². The van der Waals surface area contributed by atoms with E-state index in [0.717, 1.165) is 28.5 Å². The van der Waals surface area contributed by atoms with Gasteiger partial charge in [-0.25, -0.2) is 0 Å². The third-order valence-corrected chi connectivity index (χ3v) is 8.06. The molecule has 1 amide bonds. The van der Waals surface area contributed by atoms with Gasteiger partial charge in [0.15, 0.2) is 0 Å². The van der Waals surface area contributed by atoms with E-state index in [9.17, 15) is 4.79 Å². The van der Waals surface area contributed by atoms with Gasteiger partial charge in [-0.1, -0.05) is 11.6 Å². The molecule has 0 radical (unpaired) electrons. The first-order valence-corrected chi connectivity index (χ1v) is 11.1. The Bertz CT molecular complexity index is 594. The van der Waals surface area contributed by atoms with Crippen LogP contribution in [0.2, 0.25) is 5.02 Å². The third kappa shape index (κ3) is 3.88. The number of carbonyl (C=O) groups is 1. The molecule has 4 bridgehead atoms. The van der Waals surface area contributed by atoms with Crippen molar-refractivity contribution in [1.29, 1.82) is 0 Å². The maximum absolute atomic E-state index is 12.4. The Morgan fingerprint density at radius 2 is 1.72 bits per heavy atom. The largest absolute Gasteiger partial charge is 0.353 e. The van der Waals surface area contributed by atoms with Crippen molar-refractivity contribution in [2.45, 2.75) is 62.8 Å². The first-order valence-electron chi connectivity index (χ1n) is 9.70. The monoisotopic (exact) mass is 377 g/mol. The number of rotatable bonds is 6. The molecule has 1 N–H and O–H groups in total. The number of hydrogen-bond donors (Lipinski definition) is 1. The molecule has 4 fully saturated rings. The molecule has 4 saturated carbocycles. The van der Waals surface area contributed by atoms with Gasteiger partial charge < -0.3 is 5.32 Å². The van der Waals surface area contributed by atoms with Gasteiger partial charge in [0.05, 0.1) is 0 Å². The molecule has 4 aliphatic rings. The van der Waals surface area contributed by atoms with Crippen molar-refractivity contribution >= 4 is 29.3 Å². The quantitative estimate of drug-likeness (QED) is 0.659. The van der Waals surface area contributed by atoms with Crippen LogP contribution >= 0.6 is 23.4 Å². The zero-order valence-corrected chi connectivity index (χ0v) is 16.5. The smallest absolute Gasteiger partial charge is 0.221 e. The van der Waals surface area contributed by atoms with Crippen molar-refractivity contribution in [1.82, 2.24) is 5.32 Å². The van der Waals surface area contributed by atoms with E-state index in [1.54, 1.807) is 11.8 Å². The second-order valence-electron chi connectivity index (χ2n) is 8.62. The summed E-state index contributed by atoms with van der Waals surface area (Å²) in [5, 5.41) is 4.11. The maximum atomic E-state index is 12.4. The lowest BCUT2D eigenvalue weighted by molar-refractivity contribution is -0.125. The van der Waals surface area contributed by atoms with Gasteiger partial charge in [0.1, 0.15) is 0 Å². The molecular weight excluding hydrogens is 350 g/mol. The van der Waals surface area contributed by atoms with Gasteiger partial charge in [0.25, 0.3) is 0 Å². The Hall–Kier alpha value is -0.670. The minimum atomic E-state index is 0.213. The molecule has 0 saturated heterocycles. The summed E-state index contributed by atoms with van der Waals surface area (Å²) in [5.74, 6) is 3.84. The second kappa shape index (κ2) is 7.15. The standard InChI is InChI=1S/C21H28ClNOS/c1-14(21-11-15-8-16(12-21)10-17(9-15)13-21)23-20(24)6-7-25-19-4-2-18(22)3-5-19/h2-5,14-17H,6-13H2,1H3,(H,23,24)/t14-,15?,16?,17?,21?/m1/s1. The van der Waals surface area contributed by atoms with E-state index in [1.807, 2.05) is 24.3 Å². The fraction of sp³-hybridized carbons (Fsp3) is 0.667. The summed E-state index contributed by atoms with van der Waals surface area (Å²) in [6, 6.07) is 8.17. The zero-order valence-electron chi connectivity index (χ0n) is 15.0. The summed E-state index contributed by atoms with van der Waals surface area (Å²) in [6.45, 7) is 2.26. The summed E-state index contributed by atoms with van der Waals surface area (Å²) in [4.78, 5) is 13.6. The van der Waals surface area contributed by atoms with Crippen molar-refractivity contribution in [3.8, 4) is 0 Å². The molecule has 0 unspecified atom stereocenters. The number of amides is 1. The normalized spacial score (nSPS) is 34.1. The summed E-state index contributed by atoms with van der Waals surface area (Å²) in [7, 11) is 0. The van der Waals surface area contributed by atoms with Gasteiger partial charge in [-0.15, -0.1) is 11.8 Å². The lowest BCUT2D eigenvalue weighted by Crippen LogP contribution is -2.55. The molecule has 2 nitrogen and oxygen atoms in total. The summed E-state index contributed by atoms with van der Waals surface area (Å²) in [6.07, 6.45) is 9.00. The molecule has 1 aromatic rings. The van der Waals surface area contributed by atoms with Crippen LogP contribution in [0.1, 0.15) is 51.9 Å². The highest BCUT2D eigenvalue weighted by atomic mass is 35.5. The van der Waals surface area contributed by atoms with Crippen LogP contribution in [0.4, 0.5) is 0 Å². The molecular formula is C21H28ClNOS. The molecule has 4 heteroatoms. The number of hydrogen-bond acceptors (Lipinski definition) is 2. The van der Waals surface area contributed by atoms with Crippen LogP contribution in [0.5, 0.6) is 0 Å². The van der Waals surface area contributed by atoms with Crippen LogP contribution in [0, 0.1) is 23.2 Å². The topological polar surface area (TPSA) is 29.1 Å². The van der Waals surface area contributed by atoms with Gasteiger partial charge in [-0.3, -0.25) is 4.79 Å². The van der Waals surface area contributed by atoms with E-state index in [4.69, 9.17) is 11.6 Å². The van der Waals surface area contributed by atoms with Crippen LogP contribution in [0.25, 0.3) is 0 Å². The van der Waals surface area contributed by atoms with Crippen molar-refractivity contribution in [2.75, 3.05) is 5.75 Å². The second-order valence-corrected chi connectivity index (χ2v) is 10.2. The SMILES string of the molecule is C[C@@H](NC(=O)CCSc1ccc(Cl)cc1)C12CC3CC(CC(C3)C1)C2. The molecule has 5 rings (SSSR count). The number of thioether (sulfide) groups is 1. The van der Waals surface area contributed by atoms with E-state index in [0.29, 0.717) is 17.9 Å². The molecule has 4 aliphatic carbocycles.